The normalized spacial score (nSPS) is 19.3. The molecule has 37 heavy (non-hydrogen) atoms. The van der Waals surface area contributed by atoms with E-state index in [1.807, 2.05) is 24.1 Å². The van der Waals surface area contributed by atoms with Gasteiger partial charge in [-0.25, -0.2) is 13.5 Å². The van der Waals surface area contributed by atoms with Gasteiger partial charge >= 0.3 is 0 Å². The van der Waals surface area contributed by atoms with Gasteiger partial charge in [0.25, 0.3) is 0 Å². The Kier molecular flexibility index (Phi) is 8.46. The van der Waals surface area contributed by atoms with Crippen LogP contribution in [0.1, 0.15) is 30.4 Å². The van der Waals surface area contributed by atoms with E-state index < -0.39 is 6.17 Å². The number of nitrogens with zero attached hydrogens (tertiary/aromatic N) is 5. The van der Waals surface area contributed by atoms with E-state index >= 15 is 0 Å². The van der Waals surface area contributed by atoms with E-state index in [4.69, 9.17) is 5.26 Å². The lowest BCUT2D eigenvalue weighted by molar-refractivity contribution is -0.109. The molecule has 8 nitrogen and oxygen atoms in total. The third kappa shape index (κ3) is 6.89. The lowest BCUT2D eigenvalue weighted by Crippen LogP contribution is -2.47. The van der Waals surface area contributed by atoms with Gasteiger partial charge in [0, 0.05) is 48.8 Å². The number of carbonyl (C=O) groups is 1. The average molecular weight is 508 g/mol. The van der Waals surface area contributed by atoms with Crippen LogP contribution in [0, 0.1) is 31.0 Å². The molecule has 0 radical (unpaired) electrons. The fraction of sp³-hybridized carbons (Fsp3) is 0.407. The number of carbonyl (C=O) groups excluding carboxylic acids is 1. The number of pyridine rings is 1. The van der Waals surface area contributed by atoms with Crippen molar-refractivity contribution in [3.8, 4) is 22.9 Å². The molecule has 1 aliphatic heterocycles. The first-order valence-corrected chi connectivity index (χ1v) is 12.3. The molecule has 3 heterocycles. The Hall–Kier alpha value is -3.84. The van der Waals surface area contributed by atoms with E-state index in [2.05, 4.69) is 26.8 Å². The molecule has 5 rings (SSSR count). The number of halogens is 2. The predicted octanol–water partition coefficient (Wildman–Crippen LogP) is 3.93. The van der Waals surface area contributed by atoms with E-state index in [1.54, 1.807) is 36.3 Å². The molecule has 0 bridgehead atoms. The second kappa shape index (κ2) is 11.9. The summed E-state index contributed by atoms with van der Waals surface area (Å²) in [5.41, 5.74) is 4.62. The number of likely N-dealkylation sites (tertiary alicyclic amines) is 1. The smallest absolute Gasteiger partial charge is 0.207 e. The first-order chi connectivity index (χ1) is 17.9. The van der Waals surface area contributed by atoms with Gasteiger partial charge in [0.1, 0.15) is 12.0 Å². The van der Waals surface area contributed by atoms with E-state index in [-0.39, 0.29) is 24.9 Å². The van der Waals surface area contributed by atoms with Crippen molar-refractivity contribution in [1.82, 2.24) is 25.0 Å². The molecule has 2 N–H and O–H groups in total. The molecule has 3 aromatic rings. The number of anilines is 1. The van der Waals surface area contributed by atoms with Crippen molar-refractivity contribution < 1.29 is 13.6 Å². The molecule has 1 aromatic carbocycles. The summed E-state index contributed by atoms with van der Waals surface area (Å²) in [6.45, 7) is 4.76. The molecule has 2 unspecified atom stereocenters. The number of hydrogen-bond acceptors (Lipinski definition) is 6. The van der Waals surface area contributed by atoms with Crippen molar-refractivity contribution in [3.05, 3.63) is 59.9 Å². The maximum atomic E-state index is 14.5. The minimum atomic E-state index is -1.06. The van der Waals surface area contributed by atoms with Crippen LogP contribution in [-0.4, -0.2) is 64.0 Å². The zero-order valence-electron chi connectivity index (χ0n) is 21.0. The van der Waals surface area contributed by atoms with Gasteiger partial charge in [0.15, 0.2) is 0 Å². The van der Waals surface area contributed by atoms with Gasteiger partial charge in [0.2, 0.25) is 6.41 Å². The largest absolute Gasteiger partial charge is 0.378 e. The van der Waals surface area contributed by atoms with Crippen molar-refractivity contribution in [1.29, 1.82) is 5.26 Å². The predicted molar refractivity (Wildman–Crippen MR) is 137 cm³/mol. The first-order valence-electron chi connectivity index (χ1n) is 12.3. The molecule has 194 valence electrons. The Bertz CT molecular complexity index is 1270. The maximum absolute atomic E-state index is 14.5. The Morgan fingerprint density at radius 2 is 1.95 bits per heavy atom. The van der Waals surface area contributed by atoms with Gasteiger partial charge in [-0.15, -0.1) is 0 Å². The Morgan fingerprint density at radius 3 is 2.62 bits per heavy atom. The van der Waals surface area contributed by atoms with E-state index in [0.717, 1.165) is 34.5 Å². The number of amides is 1. The number of benzene rings is 1. The number of aryl methyl sites for hydroxylation is 2. The zero-order valence-corrected chi connectivity index (χ0v) is 21.0. The van der Waals surface area contributed by atoms with Gasteiger partial charge in [-0.2, -0.15) is 10.4 Å². The number of piperidine rings is 1. The van der Waals surface area contributed by atoms with Crippen LogP contribution in [0.5, 0.6) is 0 Å². The standard InChI is InChI=1S/C23H24F2N6.C4H7NO/c1-15-8-23(16(2)7-20(15)24)31-13-18(11-28-31)17-9-19(12-27-10-17)29-22-3-5-30(6-4-26)14-21(22)25;6-3-5-4-1-2-4/h7-13,21-22,29H,3,5-6,14H2,1-2H3;3-4H,1-2H2,(H,5,6). The number of rotatable bonds is 7. The topological polar surface area (TPSA) is 98.9 Å². The van der Waals surface area contributed by atoms with Crippen molar-refractivity contribution in [2.75, 3.05) is 25.0 Å². The molecular weight excluding hydrogens is 476 g/mol. The molecule has 1 amide bonds. The van der Waals surface area contributed by atoms with Gasteiger partial charge < -0.3 is 10.6 Å². The monoisotopic (exact) mass is 507 g/mol. The summed E-state index contributed by atoms with van der Waals surface area (Å²) >= 11 is 0. The molecular formula is C27H31F2N7O. The number of hydrogen-bond donors (Lipinski definition) is 2. The molecule has 1 saturated carbocycles. The van der Waals surface area contributed by atoms with E-state index in [1.165, 1.54) is 18.9 Å². The van der Waals surface area contributed by atoms with Crippen LogP contribution in [-0.2, 0) is 4.79 Å². The summed E-state index contributed by atoms with van der Waals surface area (Å²) in [4.78, 5) is 15.7. The van der Waals surface area contributed by atoms with Crippen LogP contribution in [0.3, 0.4) is 0 Å². The molecule has 2 fully saturated rings. The fourth-order valence-corrected chi connectivity index (χ4v) is 4.23. The van der Waals surface area contributed by atoms with Crippen molar-refractivity contribution in [2.45, 2.75) is 51.4 Å². The summed E-state index contributed by atoms with van der Waals surface area (Å²) in [6, 6.07) is 7.49. The third-order valence-corrected chi connectivity index (χ3v) is 6.53. The summed E-state index contributed by atoms with van der Waals surface area (Å²) in [5.74, 6) is -0.235. The van der Waals surface area contributed by atoms with Gasteiger partial charge in [-0.1, -0.05) is 0 Å². The molecule has 2 aromatic heterocycles. The van der Waals surface area contributed by atoms with E-state index in [0.29, 0.717) is 24.6 Å². The molecule has 1 saturated heterocycles. The molecule has 2 atom stereocenters. The maximum Gasteiger partial charge on any atom is 0.207 e. The van der Waals surface area contributed by atoms with Gasteiger partial charge in [-0.3, -0.25) is 14.7 Å². The van der Waals surface area contributed by atoms with Crippen LogP contribution in [0.15, 0.2) is 43.0 Å². The minimum Gasteiger partial charge on any atom is -0.378 e. The number of alkyl halides is 1. The highest BCUT2D eigenvalue weighted by Crippen LogP contribution is 2.26. The van der Waals surface area contributed by atoms with Crippen molar-refractivity contribution in [2.24, 2.45) is 0 Å². The summed E-state index contributed by atoms with van der Waals surface area (Å²) in [6.07, 6.45) is 9.70. The lowest BCUT2D eigenvalue weighted by Gasteiger charge is -2.34. The van der Waals surface area contributed by atoms with Crippen LogP contribution in [0.2, 0.25) is 0 Å². The van der Waals surface area contributed by atoms with Crippen LogP contribution >= 0.6 is 0 Å². The molecule has 2 aliphatic rings. The first kappa shape index (κ1) is 26.2. The second-order valence-corrected chi connectivity index (χ2v) is 9.53. The fourth-order valence-electron chi connectivity index (χ4n) is 4.23. The van der Waals surface area contributed by atoms with Crippen molar-refractivity contribution in [3.63, 3.8) is 0 Å². The number of aromatic nitrogens is 3. The minimum absolute atomic E-state index is 0.235. The average Bonchev–Trinajstić information content (AvgIpc) is 3.56. The highest BCUT2D eigenvalue weighted by atomic mass is 19.1. The number of nitriles is 1. The highest BCUT2D eigenvalue weighted by Gasteiger charge is 2.29. The molecule has 10 heteroatoms. The highest BCUT2D eigenvalue weighted by molar-refractivity contribution is 5.66. The Balaban J connectivity index is 0.000000469. The summed E-state index contributed by atoms with van der Waals surface area (Å²) < 4.78 is 30.0. The lowest BCUT2D eigenvalue weighted by atomic mass is 10.0. The van der Waals surface area contributed by atoms with Gasteiger partial charge in [-0.05, 0) is 62.4 Å². The van der Waals surface area contributed by atoms with E-state index in [9.17, 15) is 13.6 Å². The summed E-state index contributed by atoms with van der Waals surface area (Å²) in [7, 11) is 0. The summed E-state index contributed by atoms with van der Waals surface area (Å²) in [5, 5.41) is 19.1. The molecule has 0 spiro atoms. The second-order valence-electron chi connectivity index (χ2n) is 9.53. The quantitative estimate of drug-likeness (QED) is 0.371. The van der Waals surface area contributed by atoms with Crippen LogP contribution in [0.4, 0.5) is 14.5 Å². The number of nitrogens with one attached hydrogen (secondary N) is 2. The SMILES string of the molecule is Cc1cc(-n2cc(-c3cncc(NC4CCN(CC#N)CC4F)c3)cn2)c(C)cc1F.O=CNC1CC1. The molecule has 1 aliphatic carbocycles. The van der Waals surface area contributed by atoms with Crippen LogP contribution < -0.4 is 10.6 Å². The third-order valence-electron chi connectivity index (χ3n) is 6.53. The zero-order chi connectivity index (χ0) is 26.4. The van der Waals surface area contributed by atoms with Crippen LogP contribution in [0.25, 0.3) is 16.8 Å². The van der Waals surface area contributed by atoms with Crippen molar-refractivity contribution >= 4 is 12.1 Å². The van der Waals surface area contributed by atoms with Gasteiger partial charge in [0.05, 0.1) is 36.2 Å². The Morgan fingerprint density at radius 1 is 1.14 bits per heavy atom. The Labute approximate surface area is 215 Å².